The third-order valence-electron chi connectivity index (χ3n) is 1.49. The second kappa shape index (κ2) is 4.04. The van der Waals surface area contributed by atoms with E-state index in [4.69, 9.17) is 4.74 Å². The van der Waals surface area contributed by atoms with Gasteiger partial charge in [-0.1, -0.05) is 5.57 Å². The van der Waals surface area contributed by atoms with Crippen LogP contribution in [0.4, 0.5) is 0 Å². The van der Waals surface area contributed by atoms with Crippen LogP contribution in [-0.2, 0) is 4.74 Å². The molecular weight excluding hydrogens is 144 g/mol. The molecule has 0 aliphatic rings. The van der Waals surface area contributed by atoms with Crippen molar-refractivity contribution >= 4 is 11.8 Å². The van der Waals surface area contributed by atoms with Crippen LogP contribution in [0.15, 0.2) is 12.2 Å². The third-order valence-corrected chi connectivity index (χ3v) is 2.66. The van der Waals surface area contributed by atoms with Crippen molar-refractivity contribution in [2.45, 2.75) is 25.2 Å². The number of hydrogen-bond acceptors (Lipinski definition) is 2. The minimum Gasteiger partial charge on any atom is -0.368 e. The summed E-state index contributed by atoms with van der Waals surface area (Å²) in [4.78, 5) is -0.0775. The van der Waals surface area contributed by atoms with Gasteiger partial charge in [-0.2, -0.15) is 0 Å². The molecule has 0 N–H and O–H groups in total. The van der Waals surface area contributed by atoms with E-state index in [2.05, 4.69) is 13.5 Å². The van der Waals surface area contributed by atoms with Gasteiger partial charge in [-0.15, -0.1) is 18.3 Å². The van der Waals surface area contributed by atoms with Gasteiger partial charge < -0.3 is 4.74 Å². The molecule has 0 rings (SSSR count). The highest BCUT2D eigenvalue weighted by molar-refractivity contribution is 7.99. The van der Waals surface area contributed by atoms with E-state index in [1.807, 2.05) is 13.2 Å². The normalized spacial score (nSPS) is 16.4. The first-order valence-corrected chi connectivity index (χ1v) is 4.51. The fraction of sp³-hybridized carbons (Fsp3) is 0.750. The minimum absolute atomic E-state index is 0.0775. The van der Waals surface area contributed by atoms with Crippen LogP contribution in [0.1, 0.15) is 20.3 Å². The molecule has 1 nitrogen and oxygen atoms in total. The first-order chi connectivity index (χ1) is 4.54. The van der Waals surface area contributed by atoms with Crippen LogP contribution >= 0.6 is 11.8 Å². The highest BCUT2D eigenvalue weighted by Crippen LogP contribution is 2.29. The molecule has 0 aromatic rings. The zero-order valence-corrected chi connectivity index (χ0v) is 8.05. The molecule has 0 saturated heterocycles. The summed E-state index contributed by atoms with van der Waals surface area (Å²) in [6, 6.07) is 0. The number of hydrogen-bond donors (Lipinski definition) is 0. The van der Waals surface area contributed by atoms with Crippen molar-refractivity contribution in [2.24, 2.45) is 0 Å². The van der Waals surface area contributed by atoms with Gasteiger partial charge in [-0.3, -0.25) is 0 Å². The maximum atomic E-state index is 5.30. The van der Waals surface area contributed by atoms with E-state index in [0.29, 0.717) is 0 Å². The Morgan fingerprint density at radius 3 is 2.30 bits per heavy atom. The Balaban J connectivity index is 3.92. The highest BCUT2D eigenvalue weighted by Gasteiger charge is 2.21. The van der Waals surface area contributed by atoms with E-state index < -0.39 is 0 Å². The van der Waals surface area contributed by atoms with Gasteiger partial charge in [0.25, 0.3) is 0 Å². The summed E-state index contributed by atoms with van der Waals surface area (Å²) in [5.74, 6) is 0. The molecular formula is C8H16OS. The summed E-state index contributed by atoms with van der Waals surface area (Å²) in [5, 5.41) is 0. The molecule has 0 spiro atoms. The largest absolute Gasteiger partial charge is 0.368 e. The average Bonchev–Trinajstić information content (AvgIpc) is 1.87. The van der Waals surface area contributed by atoms with Crippen LogP contribution in [0.3, 0.4) is 0 Å². The van der Waals surface area contributed by atoms with E-state index in [0.717, 1.165) is 6.42 Å². The maximum absolute atomic E-state index is 5.30. The van der Waals surface area contributed by atoms with Gasteiger partial charge in [-0.25, -0.2) is 0 Å². The molecule has 0 aliphatic heterocycles. The summed E-state index contributed by atoms with van der Waals surface area (Å²) in [6.07, 6.45) is 2.97. The predicted octanol–water partition coefficient (Wildman–Crippen LogP) is 2.68. The first-order valence-electron chi connectivity index (χ1n) is 3.29. The Labute approximate surface area is 67.8 Å². The molecule has 2 heteroatoms. The lowest BCUT2D eigenvalue weighted by molar-refractivity contribution is 0.0880. The summed E-state index contributed by atoms with van der Waals surface area (Å²) >= 11 is 1.72. The van der Waals surface area contributed by atoms with Gasteiger partial charge in [0.05, 0.1) is 0 Å². The van der Waals surface area contributed by atoms with Crippen LogP contribution in [0.5, 0.6) is 0 Å². The van der Waals surface area contributed by atoms with E-state index in [-0.39, 0.29) is 4.93 Å². The number of methoxy groups -OCH3 is 1. The monoisotopic (exact) mass is 160 g/mol. The molecule has 0 aliphatic carbocycles. The summed E-state index contributed by atoms with van der Waals surface area (Å²) < 4.78 is 5.30. The zero-order chi connectivity index (χ0) is 8.20. The quantitative estimate of drug-likeness (QED) is 0.462. The van der Waals surface area contributed by atoms with Crippen molar-refractivity contribution in [2.75, 3.05) is 13.4 Å². The molecule has 1 atom stereocenters. The van der Waals surface area contributed by atoms with Gasteiger partial charge >= 0.3 is 0 Å². The first kappa shape index (κ1) is 10.0. The lowest BCUT2D eigenvalue weighted by Gasteiger charge is -2.25. The number of rotatable bonds is 4. The van der Waals surface area contributed by atoms with E-state index in [1.165, 1.54) is 5.57 Å². The summed E-state index contributed by atoms with van der Waals surface area (Å²) in [6.45, 7) is 7.94. The molecule has 0 amide bonds. The molecule has 60 valence electrons. The van der Waals surface area contributed by atoms with Gasteiger partial charge in [0.1, 0.15) is 4.93 Å². The predicted molar refractivity (Wildman–Crippen MR) is 48.4 cm³/mol. The Bertz CT molecular complexity index is 116. The Morgan fingerprint density at radius 1 is 1.70 bits per heavy atom. The van der Waals surface area contributed by atoms with Crippen molar-refractivity contribution < 1.29 is 4.74 Å². The average molecular weight is 160 g/mol. The van der Waals surface area contributed by atoms with Gasteiger partial charge in [-0.05, 0) is 20.1 Å². The zero-order valence-electron chi connectivity index (χ0n) is 7.23. The standard InChI is InChI=1S/C8H16OS/c1-7(2)6-8(3,9-4)10-5/h1,6H2,2-5H3/t8-/m0/s1. The van der Waals surface area contributed by atoms with Gasteiger partial charge in [0.15, 0.2) is 0 Å². The van der Waals surface area contributed by atoms with Crippen LogP contribution in [0.2, 0.25) is 0 Å². The van der Waals surface area contributed by atoms with E-state index in [9.17, 15) is 0 Å². The Hall–Kier alpha value is 0.0500. The molecule has 0 saturated carbocycles. The van der Waals surface area contributed by atoms with Crippen LogP contribution in [0.25, 0.3) is 0 Å². The van der Waals surface area contributed by atoms with Crippen LogP contribution in [0, 0.1) is 0 Å². The van der Waals surface area contributed by atoms with Crippen molar-refractivity contribution in [1.29, 1.82) is 0 Å². The van der Waals surface area contributed by atoms with Crippen molar-refractivity contribution in [1.82, 2.24) is 0 Å². The molecule has 0 heterocycles. The van der Waals surface area contributed by atoms with E-state index in [1.54, 1.807) is 18.9 Å². The smallest absolute Gasteiger partial charge is 0.113 e. The minimum atomic E-state index is -0.0775. The third kappa shape index (κ3) is 3.28. The number of thioether (sulfide) groups is 1. The van der Waals surface area contributed by atoms with Crippen molar-refractivity contribution in [3.05, 3.63) is 12.2 Å². The molecule has 0 fully saturated rings. The molecule has 0 radical (unpaired) electrons. The second-order valence-corrected chi connectivity index (χ2v) is 3.95. The SMILES string of the molecule is C=C(C)C[C@@](C)(OC)SC. The van der Waals surface area contributed by atoms with Crippen molar-refractivity contribution in [3.63, 3.8) is 0 Å². The topological polar surface area (TPSA) is 9.23 Å². The van der Waals surface area contributed by atoms with Crippen molar-refractivity contribution in [3.8, 4) is 0 Å². The van der Waals surface area contributed by atoms with Gasteiger partial charge in [0.2, 0.25) is 0 Å². The fourth-order valence-corrected chi connectivity index (χ4v) is 1.33. The lowest BCUT2D eigenvalue weighted by atomic mass is 10.1. The number of ether oxygens (including phenoxy) is 1. The maximum Gasteiger partial charge on any atom is 0.113 e. The molecule has 0 aromatic heterocycles. The van der Waals surface area contributed by atoms with Gasteiger partial charge in [0, 0.05) is 13.5 Å². The highest BCUT2D eigenvalue weighted by atomic mass is 32.2. The lowest BCUT2D eigenvalue weighted by Crippen LogP contribution is -2.22. The summed E-state index contributed by atoms with van der Waals surface area (Å²) in [5.41, 5.74) is 1.17. The van der Waals surface area contributed by atoms with Crippen LogP contribution < -0.4 is 0 Å². The van der Waals surface area contributed by atoms with E-state index >= 15 is 0 Å². The molecule has 10 heavy (non-hydrogen) atoms. The fourth-order valence-electron chi connectivity index (χ4n) is 0.776. The van der Waals surface area contributed by atoms with Crippen LogP contribution in [-0.4, -0.2) is 18.3 Å². The Morgan fingerprint density at radius 2 is 2.20 bits per heavy atom. The molecule has 0 aromatic carbocycles. The summed E-state index contributed by atoms with van der Waals surface area (Å²) in [7, 11) is 1.74. The molecule has 0 bridgehead atoms. The Kier molecular flexibility index (Phi) is 4.06. The second-order valence-electron chi connectivity index (χ2n) is 2.68. The molecule has 0 unspecified atom stereocenters.